The molecule has 2 bridgehead atoms. The van der Waals surface area contributed by atoms with Gasteiger partial charge in [-0.1, -0.05) is 99.7 Å². The first kappa shape index (κ1) is 45.8. The van der Waals surface area contributed by atoms with Gasteiger partial charge in [0, 0.05) is 65.2 Å². The van der Waals surface area contributed by atoms with E-state index in [0.717, 1.165) is 67.5 Å². The van der Waals surface area contributed by atoms with Crippen molar-refractivity contribution < 1.29 is 35.4 Å². The number of aromatic hydroxyl groups is 2. The summed E-state index contributed by atoms with van der Waals surface area (Å²) < 4.78 is 0. The molecule has 2 fully saturated rings. The summed E-state index contributed by atoms with van der Waals surface area (Å²) in [6.07, 6.45) is 23.2. The highest BCUT2D eigenvalue weighted by atomic mass is 16.4. The van der Waals surface area contributed by atoms with E-state index in [2.05, 4.69) is 47.6 Å². The Balaban J connectivity index is 1.10. The van der Waals surface area contributed by atoms with Crippen molar-refractivity contribution >= 4 is 5.97 Å². The van der Waals surface area contributed by atoms with E-state index < -0.39 is 29.5 Å². The Morgan fingerprint density at radius 2 is 1.69 bits per heavy atom. The molecule has 0 amide bonds. The van der Waals surface area contributed by atoms with Gasteiger partial charge in [0.05, 0.1) is 29.5 Å². The van der Waals surface area contributed by atoms with Gasteiger partial charge in [0.1, 0.15) is 11.5 Å². The Morgan fingerprint density at radius 1 is 0.891 bits per heavy atom. The molecule has 10 N–H and O–H groups in total. The third kappa shape index (κ3) is 10.0. The topological polar surface area (TPSA) is 192 Å². The molecule has 10 nitrogen and oxygen atoms in total. The molecule has 0 saturated heterocycles. The van der Waals surface area contributed by atoms with Gasteiger partial charge >= 0.3 is 5.97 Å². The third-order valence-electron chi connectivity index (χ3n) is 15.9. The molecule has 10 heteroatoms. The minimum Gasteiger partial charge on any atom is -0.508 e. The number of dihydropyridines is 1. The Kier molecular flexibility index (Phi) is 14.4. The Morgan fingerprint density at radius 3 is 2.45 bits per heavy atom. The number of rotatable bonds is 16. The number of fused-ring (bicyclic) bond motifs is 1. The summed E-state index contributed by atoms with van der Waals surface area (Å²) in [5, 5.41) is 72.5. The molecule has 5 aliphatic rings. The highest BCUT2D eigenvalue weighted by Crippen LogP contribution is 2.59. The summed E-state index contributed by atoms with van der Waals surface area (Å²) in [5.74, 6) is -2.20. The fourth-order valence-corrected chi connectivity index (χ4v) is 12.6. The van der Waals surface area contributed by atoms with Crippen molar-refractivity contribution in [2.45, 2.75) is 127 Å². The van der Waals surface area contributed by atoms with Gasteiger partial charge in [0.25, 0.3) is 0 Å². The summed E-state index contributed by atoms with van der Waals surface area (Å²) in [4.78, 5) is 17.0. The van der Waals surface area contributed by atoms with Crippen LogP contribution in [0.25, 0.3) is 11.3 Å². The van der Waals surface area contributed by atoms with Gasteiger partial charge in [0.15, 0.2) is 0 Å². The van der Waals surface area contributed by atoms with Gasteiger partial charge in [0.2, 0.25) is 0 Å². The predicted molar refractivity (Wildman–Crippen MR) is 251 cm³/mol. The maximum Gasteiger partial charge on any atom is 0.309 e. The number of unbranched alkanes of at least 4 members (excludes halogenated alkanes) is 3. The Hall–Kier alpha value is -4.77. The molecule has 1 aliphatic heterocycles. The predicted octanol–water partition coefficient (Wildman–Crippen LogP) is 9.21. The number of carboxylic acid groups (broad SMARTS) is 1. The molecule has 344 valence electrons. The van der Waals surface area contributed by atoms with Crippen LogP contribution in [0.15, 0.2) is 102 Å². The third-order valence-corrected chi connectivity index (χ3v) is 15.9. The lowest BCUT2D eigenvalue weighted by Crippen LogP contribution is -2.50. The zero-order valence-electron chi connectivity index (χ0n) is 37.5. The molecule has 12 atom stereocenters. The first-order chi connectivity index (χ1) is 30.9. The number of aliphatic hydroxyl groups is 3. The molecule has 0 radical (unpaired) electrons. The molecule has 0 unspecified atom stereocenters. The summed E-state index contributed by atoms with van der Waals surface area (Å²) >= 11 is 0. The van der Waals surface area contributed by atoms with E-state index in [1.165, 1.54) is 25.3 Å². The molecular formula is C54H71N3O7. The van der Waals surface area contributed by atoms with Crippen molar-refractivity contribution in [1.82, 2.24) is 10.3 Å². The van der Waals surface area contributed by atoms with Gasteiger partial charge < -0.3 is 46.7 Å². The second kappa shape index (κ2) is 20.2. The zero-order chi connectivity index (χ0) is 45.0. The fraction of sp³-hybridized carbons (Fsp3) is 0.537. The number of hydrogen-bond donors (Lipinski definition) is 9. The molecule has 64 heavy (non-hydrogen) atoms. The van der Waals surface area contributed by atoms with Crippen molar-refractivity contribution in [3.05, 3.63) is 119 Å². The maximum absolute atomic E-state index is 13.3. The van der Waals surface area contributed by atoms with Gasteiger partial charge in [-0.05, 0) is 117 Å². The number of H-pyrrole nitrogens is 1. The average Bonchev–Trinajstić information content (AvgIpc) is 3.86. The number of aliphatic carboxylic acids is 1. The number of nitrogens with one attached hydrogen (secondary N) is 2. The highest BCUT2D eigenvalue weighted by Gasteiger charge is 2.59. The van der Waals surface area contributed by atoms with Crippen LogP contribution in [0.5, 0.6) is 11.5 Å². The van der Waals surface area contributed by atoms with Crippen LogP contribution in [0.3, 0.4) is 0 Å². The highest BCUT2D eigenvalue weighted by molar-refractivity contribution is 5.72. The SMILES string of the molecule is CCCCC[C@H]1C=C[C@H](CCCC[C@H]2CC[C@H](c3ccc(-c4cc(O)cc(O)c4Cc4ccccc4)[nH]3)[C@H]3C[C@@H](CC4=CCNC(N)=C4)[C@@H]4C=C[C@@H](C[C@]34O)[C@@H](O)[C@H]2C(=O)O)[C@@H](O)C1. The zero-order valence-corrected chi connectivity index (χ0v) is 37.5. The number of hydrogen-bond acceptors (Lipinski definition) is 8. The summed E-state index contributed by atoms with van der Waals surface area (Å²) in [6.45, 7) is 2.86. The first-order valence-electron chi connectivity index (χ1n) is 24.3. The van der Waals surface area contributed by atoms with E-state index in [-0.39, 0.29) is 59.5 Å². The van der Waals surface area contributed by atoms with E-state index in [0.29, 0.717) is 55.1 Å². The second-order valence-corrected chi connectivity index (χ2v) is 20.0. The molecule has 2 aromatic carbocycles. The molecule has 3 aromatic rings. The largest absolute Gasteiger partial charge is 0.508 e. The summed E-state index contributed by atoms with van der Waals surface area (Å²) in [7, 11) is 0. The van der Waals surface area contributed by atoms with Crippen LogP contribution >= 0.6 is 0 Å². The summed E-state index contributed by atoms with van der Waals surface area (Å²) in [5.41, 5.74) is 10.2. The molecule has 4 aliphatic carbocycles. The van der Waals surface area contributed by atoms with Crippen molar-refractivity contribution in [2.75, 3.05) is 6.54 Å². The van der Waals surface area contributed by atoms with Crippen molar-refractivity contribution in [1.29, 1.82) is 0 Å². The van der Waals surface area contributed by atoms with E-state index in [4.69, 9.17) is 5.73 Å². The smallest absolute Gasteiger partial charge is 0.309 e. The lowest BCUT2D eigenvalue weighted by molar-refractivity contribution is -0.153. The number of carbonyl (C=O) groups is 1. The molecule has 8 rings (SSSR count). The van der Waals surface area contributed by atoms with Crippen molar-refractivity contribution in [3.8, 4) is 22.8 Å². The fourth-order valence-electron chi connectivity index (χ4n) is 12.6. The van der Waals surface area contributed by atoms with Crippen LogP contribution in [0.1, 0.15) is 120 Å². The first-order valence-corrected chi connectivity index (χ1v) is 24.3. The number of allylic oxidation sites excluding steroid dienone is 3. The number of phenolic OH excluding ortho intramolecular Hbond substituents is 2. The van der Waals surface area contributed by atoms with Crippen molar-refractivity contribution in [2.24, 2.45) is 53.1 Å². The molecule has 2 heterocycles. The number of aromatic nitrogens is 1. The van der Waals surface area contributed by atoms with Crippen LogP contribution in [0, 0.1) is 47.3 Å². The summed E-state index contributed by atoms with van der Waals surface area (Å²) in [6, 6.07) is 17.0. The number of nitrogens with two attached hydrogens (primary N) is 1. The molecule has 2 saturated carbocycles. The number of benzene rings is 2. The molecule has 1 aromatic heterocycles. The standard InChI is InChI=1S/C54H71N3O7/c1-2-3-5-10-34-15-16-36(48(59)27-34)13-8-9-14-37-17-19-41(46-21-22-47(57-46)42-30-40(58)31-49(60)43(42)26-33-11-6-4-7-12-33)45-29-39(25-35-23-24-56-50(55)28-35)44-20-18-38(32-54(44,45)64)52(61)51(37)53(62)63/h4,6-7,11-12,15-16,18,20-23,28,30-31,34,36-39,41,44-45,48,51-52,56-61,64H,2-3,5,8-10,13-14,17,19,24-27,29,32,55H2,1H3,(H,62,63)/t34-,36-,37-,38-,39+,41-,44-,45+,48-,51-,52+,54+/m0/s1. The van der Waals surface area contributed by atoms with Crippen molar-refractivity contribution in [3.63, 3.8) is 0 Å². The molecular weight excluding hydrogens is 803 g/mol. The number of phenols is 2. The number of aliphatic hydroxyl groups excluding tert-OH is 2. The van der Waals surface area contributed by atoms with Crippen LogP contribution in [-0.4, -0.2) is 65.9 Å². The van der Waals surface area contributed by atoms with Crippen LogP contribution in [-0.2, 0) is 11.2 Å². The average molecular weight is 874 g/mol. The normalized spacial score (nSPS) is 32.4. The Bertz CT molecular complexity index is 2190. The molecule has 0 spiro atoms. The van der Waals surface area contributed by atoms with Gasteiger partial charge in [-0.3, -0.25) is 4.79 Å². The lowest BCUT2D eigenvalue weighted by atomic mass is 9.62. The lowest BCUT2D eigenvalue weighted by Gasteiger charge is -2.46. The number of aromatic amines is 1. The monoisotopic (exact) mass is 874 g/mol. The van der Waals surface area contributed by atoms with Crippen LogP contribution in [0.2, 0.25) is 0 Å². The van der Waals surface area contributed by atoms with E-state index in [1.54, 1.807) is 6.07 Å². The van der Waals surface area contributed by atoms with Gasteiger partial charge in [-0.25, -0.2) is 0 Å². The van der Waals surface area contributed by atoms with E-state index in [9.17, 15) is 35.4 Å². The maximum atomic E-state index is 13.3. The van der Waals surface area contributed by atoms with Crippen LogP contribution < -0.4 is 11.1 Å². The Labute approximate surface area is 379 Å². The quantitative estimate of drug-likeness (QED) is 0.0499. The van der Waals surface area contributed by atoms with Crippen LogP contribution in [0.4, 0.5) is 0 Å². The van der Waals surface area contributed by atoms with Gasteiger partial charge in [-0.2, -0.15) is 0 Å². The van der Waals surface area contributed by atoms with Gasteiger partial charge in [-0.15, -0.1) is 0 Å². The minimum atomic E-state index is -1.20. The van der Waals surface area contributed by atoms with E-state index >= 15 is 0 Å². The number of carboxylic acids is 1. The minimum absolute atomic E-state index is 0.00755. The second-order valence-electron chi connectivity index (χ2n) is 20.0. The van der Waals surface area contributed by atoms with E-state index in [1.807, 2.05) is 48.6 Å².